The lowest BCUT2D eigenvalue weighted by Crippen LogP contribution is -2.37. The number of carboxylic acids is 1. The topological polar surface area (TPSA) is 69.6 Å². The SMILES string of the molecule is CCNCCC(=O)N1CCc2c(cccc2C(=O)O)C1. The Balaban J connectivity index is 2.06. The second kappa shape index (κ2) is 6.52. The molecule has 0 spiro atoms. The number of hydrogen-bond donors (Lipinski definition) is 2. The zero-order valence-corrected chi connectivity index (χ0v) is 11.7. The minimum Gasteiger partial charge on any atom is -0.478 e. The highest BCUT2D eigenvalue weighted by Gasteiger charge is 2.23. The van der Waals surface area contributed by atoms with Gasteiger partial charge in [-0.25, -0.2) is 4.79 Å². The summed E-state index contributed by atoms with van der Waals surface area (Å²) < 4.78 is 0. The predicted octanol–water partition coefficient (Wildman–Crippen LogP) is 1.27. The molecule has 2 rings (SSSR count). The summed E-state index contributed by atoms with van der Waals surface area (Å²) in [5, 5.41) is 12.3. The van der Waals surface area contributed by atoms with Crippen LogP contribution in [0.5, 0.6) is 0 Å². The number of aromatic carboxylic acids is 1. The van der Waals surface area contributed by atoms with Crippen LogP contribution >= 0.6 is 0 Å². The van der Waals surface area contributed by atoms with Gasteiger partial charge in [0.2, 0.25) is 5.91 Å². The molecule has 0 unspecified atom stereocenters. The number of nitrogens with zero attached hydrogens (tertiary/aromatic N) is 1. The molecule has 1 aliphatic heterocycles. The van der Waals surface area contributed by atoms with Crippen molar-refractivity contribution >= 4 is 11.9 Å². The average Bonchev–Trinajstić information content (AvgIpc) is 2.46. The van der Waals surface area contributed by atoms with E-state index in [1.54, 1.807) is 12.1 Å². The van der Waals surface area contributed by atoms with Crippen LogP contribution in [0, 0.1) is 0 Å². The lowest BCUT2D eigenvalue weighted by Gasteiger charge is -2.29. The maximum absolute atomic E-state index is 12.1. The number of carbonyl (C=O) groups excluding carboxylic acids is 1. The van der Waals surface area contributed by atoms with E-state index in [1.165, 1.54) is 0 Å². The smallest absolute Gasteiger partial charge is 0.335 e. The number of rotatable bonds is 5. The van der Waals surface area contributed by atoms with E-state index in [9.17, 15) is 14.7 Å². The minimum absolute atomic E-state index is 0.123. The minimum atomic E-state index is -0.895. The maximum atomic E-state index is 12.1. The molecular formula is C15H20N2O3. The van der Waals surface area contributed by atoms with E-state index in [0.717, 1.165) is 17.7 Å². The van der Waals surface area contributed by atoms with Gasteiger partial charge in [-0.1, -0.05) is 19.1 Å². The van der Waals surface area contributed by atoms with Crippen molar-refractivity contribution in [2.24, 2.45) is 0 Å². The molecule has 1 aliphatic rings. The fourth-order valence-electron chi connectivity index (χ4n) is 2.55. The van der Waals surface area contributed by atoms with Crippen LogP contribution in [0.25, 0.3) is 0 Å². The summed E-state index contributed by atoms with van der Waals surface area (Å²) in [4.78, 5) is 25.1. The van der Waals surface area contributed by atoms with E-state index in [2.05, 4.69) is 5.32 Å². The average molecular weight is 276 g/mol. The summed E-state index contributed by atoms with van der Waals surface area (Å²) in [5.41, 5.74) is 2.19. The monoisotopic (exact) mass is 276 g/mol. The number of benzene rings is 1. The van der Waals surface area contributed by atoms with Gasteiger partial charge >= 0.3 is 5.97 Å². The molecule has 0 bridgehead atoms. The molecule has 0 saturated heterocycles. The van der Waals surface area contributed by atoms with Gasteiger partial charge in [0.05, 0.1) is 5.56 Å². The molecule has 5 nitrogen and oxygen atoms in total. The van der Waals surface area contributed by atoms with Crippen LogP contribution in [-0.4, -0.2) is 41.5 Å². The highest BCUT2D eigenvalue weighted by Crippen LogP contribution is 2.23. The van der Waals surface area contributed by atoms with Gasteiger partial charge in [-0.05, 0) is 30.2 Å². The standard InChI is InChI=1S/C15H20N2O3/c1-2-16-8-6-14(18)17-9-7-12-11(10-17)4-3-5-13(12)15(19)20/h3-5,16H,2,6-10H2,1H3,(H,19,20). The van der Waals surface area contributed by atoms with Crippen LogP contribution in [0.3, 0.4) is 0 Å². The van der Waals surface area contributed by atoms with Gasteiger partial charge in [0, 0.05) is 26.1 Å². The Kier molecular flexibility index (Phi) is 4.74. The third kappa shape index (κ3) is 3.17. The van der Waals surface area contributed by atoms with E-state index in [4.69, 9.17) is 0 Å². The highest BCUT2D eigenvalue weighted by molar-refractivity contribution is 5.90. The Morgan fingerprint density at radius 2 is 2.20 bits per heavy atom. The summed E-state index contributed by atoms with van der Waals surface area (Å²) in [6, 6.07) is 5.28. The van der Waals surface area contributed by atoms with Gasteiger partial charge in [-0.15, -0.1) is 0 Å². The molecule has 1 heterocycles. The predicted molar refractivity (Wildman–Crippen MR) is 75.7 cm³/mol. The van der Waals surface area contributed by atoms with Gasteiger partial charge in [0.15, 0.2) is 0 Å². The lowest BCUT2D eigenvalue weighted by molar-refractivity contribution is -0.132. The van der Waals surface area contributed by atoms with Crippen molar-refractivity contribution in [1.29, 1.82) is 0 Å². The first-order chi connectivity index (χ1) is 9.63. The van der Waals surface area contributed by atoms with Crippen molar-refractivity contribution in [3.8, 4) is 0 Å². The Bertz CT molecular complexity index is 514. The fraction of sp³-hybridized carbons (Fsp3) is 0.467. The van der Waals surface area contributed by atoms with Crippen molar-refractivity contribution in [2.75, 3.05) is 19.6 Å². The summed E-state index contributed by atoms with van der Waals surface area (Å²) in [7, 11) is 0. The summed E-state index contributed by atoms with van der Waals surface area (Å²) in [6.07, 6.45) is 1.10. The van der Waals surface area contributed by atoms with Gasteiger partial charge in [0.25, 0.3) is 0 Å². The number of carboxylic acid groups (broad SMARTS) is 1. The molecule has 1 aromatic rings. The van der Waals surface area contributed by atoms with Gasteiger partial charge in [0.1, 0.15) is 0 Å². The van der Waals surface area contributed by atoms with Crippen LogP contribution in [0.1, 0.15) is 34.8 Å². The highest BCUT2D eigenvalue weighted by atomic mass is 16.4. The lowest BCUT2D eigenvalue weighted by atomic mass is 9.94. The molecule has 0 aliphatic carbocycles. The Morgan fingerprint density at radius 3 is 2.90 bits per heavy atom. The molecule has 2 N–H and O–H groups in total. The first kappa shape index (κ1) is 14.5. The summed E-state index contributed by atoms with van der Waals surface area (Å²) in [5.74, 6) is -0.772. The number of nitrogens with one attached hydrogen (secondary N) is 1. The van der Waals surface area contributed by atoms with Crippen LogP contribution in [-0.2, 0) is 17.8 Å². The van der Waals surface area contributed by atoms with Crippen molar-refractivity contribution in [1.82, 2.24) is 10.2 Å². The van der Waals surface area contributed by atoms with E-state index in [-0.39, 0.29) is 5.91 Å². The molecule has 0 saturated carbocycles. The molecule has 0 radical (unpaired) electrons. The largest absolute Gasteiger partial charge is 0.478 e. The normalized spacial score (nSPS) is 13.9. The molecule has 0 aromatic heterocycles. The van der Waals surface area contributed by atoms with Crippen molar-refractivity contribution in [3.63, 3.8) is 0 Å². The molecule has 0 atom stereocenters. The second-order valence-corrected chi connectivity index (χ2v) is 4.92. The van der Waals surface area contributed by atoms with Gasteiger partial charge in [-0.3, -0.25) is 4.79 Å². The van der Waals surface area contributed by atoms with Gasteiger partial charge in [-0.2, -0.15) is 0 Å². The third-order valence-corrected chi connectivity index (χ3v) is 3.61. The number of carbonyl (C=O) groups is 2. The molecule has 1 aromatic carbocycles. The van der Waals surface area contributed by atoms with Crippen LogP contribution in [0.4, 0.5) is 0 Å². The van der Waals surface area contributed by atoms with Crippen molar-refractivity contribution in [2.45, 2.75) is 26.3 Å². The first-order valence-electron chi connectivity index (χ1n) is 6.96. The quantitative estimate of drug-likeness (QED) is 0.795. The number of hydrogen-bond acceptors (Lipinski definition) is 3. The second-order valence-electron chi connectivity index (χ2n) is 4.92. The van der Waals surface area contributed by atoms with Crippen molar-refractivity contribution < 1.29 is 14.7 Å². The van der Waals surface area contributed by atoms with E-state index >= 15 is 0 Å². The number of fused-ring (bicyclic) bond motifs is 1. The van der Waals surface area contributed by atoms with Crippen LogP contribution < -0.4 is 5.32 Å². The molecule has 1 amide bonds. The Hall–Kier alpha value is -1.88. The van der Waals surface area contributed by atoms with Crippen LogP contribution in [0.15, 0.2) is 18.2 Å². The first-order valence-corrected chi connectivity index (χ1v) is 6.96. The third-order valence-electron chi connectivity index (χ3n) is 3.61. The van der Waals surface area contributed by atoms with Crippen LogP contribution in [0.2, 0.25) is 0 Å². The number of amides is 1. The summed E-state index contributed by atoms with van der Waals surface area (Å²) in [6.45, 7) is 4.67. The molecule has 108 valence electrons. The van der Waals surface area contributed by atoms with E-state index in [0.29, 0.717) is 38.0 Å². The zero-order valence-electron chi connectivity index (χ0n) is 11.7. The fourth-order valence-corrected chi connectivity index (χ4v) is 2.55. The van der Waals surface area contributed by atoms with Crippen molar-refractivity contribution in [3.05, 3.63) is 34.9 Å². The van der Waals surface area contributed by atoms with Gasteiger partial charge < -0.3 is 15.3 Å². The summed E-state index contributed by atoms with van der Waals surface area (Å²) >= 11 is 0. The Labute approximate surface area is 118 Å². The van der Waals surface area contributed by atoms with E-state index < -0.39 is 5.97 Å². The molecule has 5 heteroatoms. The Morgan fingerprint density at radius 1 is 1.40 bits per heavy atom. The zero-order chi connectivity index (χ0) is 14.5. The molecular weight excluding hydrogens is 256 g/mol. The van der Waals surface area contributed by atoms with E-state index in [1.807, 2.05) is 17.9 Å². The molecule has 0 fully saturated rings. The molecule has 20 heavy (non-hydrogen) atoms. The maximum Gasteiger partial charge on any atom is 0.335 e.